The van der Waals surface area contributed by atoms with Gasteiger partial charge in [0.25, 0.3) is 0 Å². The fourth-order valence-corrected chi connectivity index (χ4v) is 2.67. The Bertz CT molecular complexity index is 964. The molecule has 1 aromatic carbocycles. The third-order valence-corrected chi connectivity index (χ3v) is 4.05. The second-order valence-electron chi connectivity index (χ2n) is 5.62. The molecule has 0 saturated heterocycles. The number of halogens is 7. The fourth-order valence-electron chi connectivity index (χ4n) is 2.44. The van der Waals surface area contributed by atoms with Gasteiger partial charge >= 0.3 is 12.4 Å². The van der Waals surface area contributed by atoms with Gasteiger partial charge in [0, 0.05) is 19.3 Å². The van der Waals surface area contributed by atoms with Crippen LogP contribution in [0.1, 0.15) is 11.1 Å². The van der Waals surface area contributed by atoms with E-state index in [9.17, 15) is 26.3 Å². The maximum atomic E-state index is 12.7. The van der Waals surface area contributed by atoms with E-state index in [0.29, 0.717) is 18.3 Å². The molecule has 4 nitrogen and oxygen atoms in total. The maximum absolute atomic E-state index is 12.7. The molecule has 0 amide bonds. The van der Waals surface area contributed by atoms with E-state index in [1.807, 2.05) is 0 Å². The minimum absolute atomic E-state index is 0.0773. The van der Waals surface area contributed by atoms with Crippen molar-refractivity contribution in [2.24, 2.45) is 0 Å². The smallest absolute Gasteiger partial charge is 0.367 e. The van der Waals surface area contributed by atoms with Crippen LogP contribution < -0.4 is 5.32 Å². The highest BCUT2D eigenvalue weighted by molar-refractivity contribution is 6.32. The predicted molar refractivity (Wildman–Crippen MR) is 87.5 cm³/mol. The van der Waals surface area contributed by atoms with Crippen molar-refractivity contribution in [2.75, 3.05) is 11.9 Å². The Labute approximate surface area is 153 Å². The lowest BCUT2D eigenvalue weighted by Crippen LogP contribution is -2.12. The van der Waals surface area contributed by atoms with E-state index in [-0.39, 0.29) is 22.9 Å². The Morgan fingerprint density at radius 2 is 1.67 bits per heavy atom. The van der Waals surface area contributed by atoms with Crippen molar-refractivity contribution in [2.45, 2.75) is 18.9 Å². The summed E-state index contributed by atoms with van der Waals surface area (Å²) in [7, 11) is 0. The summed E-state index contributed by atoms with van der Waals surface area (Å²) in [6.45, 7) is 0.519. The van der Waals surface area contributed by atoms with E-state index in [2.05, 4.69) is 15.3 Å². The number of nitrogens with one attached hydrogen (secondary N) is 1. The van der Waals surface area contributed by atoms with Crippen LogP contribution in [-0.2, 0) is 18.9 Å². The van der Waals surface area contributed by atoms with Crippen molar-refractivity contribution in [3.8, 4) is 0 Å². The molecule has 0 aliphatic rings. The summed E-state index contributed by atoms with van der Waals surface area (Å²) in [5.74, 6) is 0.0773. The zero-order valence-electron chi connectivity index (χ0n) is 13.4. The summed E-state index contributed by atoms with van der Waals surface area (Å²) in [5, 5.41) is 2.61. The number of nitrogens with zero attached hydrogens (tertiary/aromatic N) is 3. The number of anilines is 1. The zero-order chi connectivity index (χ0) is 19.8. The van der Waals surface area contributed by atoms with Gasteiger partial charge in [0.15, 0.2) is 0 Å². The van der Waals surface area contributed by atoms with E-state index in [4.69, 9.17) is 11.6 Å². The monoisotopic (exact) mass is 408 g/mol. The number of imidazole rings is 1. The summed E-state index contributed by atoms with van der Waals surface area (Å²) in [5.41, 5.74) is -1.06. The third-order valence-electron chi connectivity index (χ3n) is 3.76. The van der Waals surface area contributed by atoms with Crippen molar-refractivity contribution in [1.82, 2.24) is 14.5 Å². The van der Waals surface area contributed by atoms with E-state index in [0.717, 1.165) is 18.2 Å². The summed E-state index contributed by atoms with van der Waals surface area (Å²) in [4.78, 5) is 7.59. The molecular weight excluding hydrogens is 398 g/mol. The van der Waals surface area contributed by atoms with Gasteiger partial charge in [0.1, 0.15) is 5.82 Å². The van der Waals surface area contributed by atoms with E-state index in [1.54, 1.807) is 4.57 Å². The average molecular weight is 409 g/mol. The van der Waals surface area contributed by atoms with Crippen molar-refractivity contribution >= 4 is 28.5 Å². The molecule has 2 heterocycles. The summed E-state index contributed by atoms with van der Waals surface area (Å²) < 4.78 is 77.5. The number of rotatable bonds is 4. The average Bonchev–Trinajstić information content (AvgIpc) is 2.97. The molecule has 144 valence electrons. The van der Waals surface area contributed by atoms with E-state index < -0.39 is 23.5 Å². The van der Waals surface area contributed by atoms with Crippen LogP contribution in [0.15, 0.2) is 36.8 Å². The van der Waals surface area contributed by atoms with Crippen LogP contribution >= 0.6 is 11.6 Å². The van der Waals surface area contributed by atoms with Crippen LogP contribution in [0.5, 0.6) is 0 Å². The molecule has 3 rings (SSSR count). The lowest BCUT2D eigenvalue weighted by molar-refractivity contribution is -0.138. The first-order valence-electron chi connectivity index (χ1n) is 7.54. The second-order valence-corrected chi connectivity index (χ2v) is 6.03. The molecule has 0 fully saturated rings. The number of aromatic nitrogens is 3. The SMILES string of the molecule is FC(F)(F)c1cnc(NCCn2cnc3cc(C(F)(F)F)ccc32)c(Cl)c1. The number of pyridine rings is 1. The molecule has 0 unspecified atom stereocenters. The molecule has 0 aliphatic carbocycles. The summed E-state index contributed by atoms with van der Waals surface area (Å²) in [6.07, 6.45) is -6.95. The van der Waals surface area contributed by atoms with Gasteiger partial charge in [-0.3, -0.25) is 0 Å². The summed E-state index contributed by atoms with van der Waals surface area (Å²) >= 11 is 5.80. The maximum Gasteiger partial charge on any atom is 0.417 e. The van der Waals surface area contributed by atoms with Gasteiger partial charge in [-0.1, -0.05) is 11.6 Å². The third kappa shape index (κ3) is 4.26. The standard InChI is InChI=1S/C16H11ClF6N4/c17-11-5-10(16(21,22)23)7-25-14(11)24-3-4-27-8-26-12-6-9(15(18,19)20)1-2-13(12)27/h1-2,5-8H,3-4H2,(H,24,25). The Kier molecular flexibility index (Phi) is 4.94. The van der Waals surface area contributed by atoms with Gasteiger partial charge in [-0.05, 0) is 24.3 Å². The van der Waals surface area contributed by atoms with Crippen LogP contribution in [-0.4, -0.2) is 21.1 Å². The first-order valence-corrected chi connectivity index (χ1v) is 7.92. The van der Waals surface area contributed by atoms with E-state index in [1.165, 1.54) is 12.4 Å². The number of hydrogen-bond acceptors (Lipinski definition) is 3. The highest BCUT2D eigenvalue weighted by Crippen LogP contribution is 2.33. The highest BCUT2D eigenvalue weighted by Gasteiger charge is 2.32. The number of benzene rings is 1. The Hall–Kier alpha value is -2.49. The van der Waals surface area contributed by atoms with Crippen LogP contribution in [0.2, 0.25) is 5.02 Å². The molecule has 0 atom stereocenters. The Balaban J connectivity index is 1.69. The van der Waals surface area contributed by atoms with Crippen LogP contribution in [0, 0.1) is 0 Å². The zero-order valence-corrected chi connectivity index (χ0v) is 14.1. The molecule has 27 heavy (non-hydrogen) atoms. The normalized spacial score (nSPS) is 12.6. The van der Waals surface area contributed by atoms with Gasteiger partial charge < -0.3 is 9.88 Å². The Morgan fingerprint density at radius 1 is 0.963 bits per heavy atom. The first-order chi connectivity index (χ1) is 12.6. The topological polar surface area (TPSA) is 42.7 Å². The summed E-state index contributed by atoms with van der Waals surface area (Å²) in [6, 6.07) is 3.99. The van der Waals surface area contributed by atoms with Crippen LogP contribution in [0.4, 0.5) is 32.2 Å². The van der Waals surface area contributed by atoms with Gasteiger partial charge in [-0.2, -0.15) is 26.3 Å². The number of alkyl halides is 6. The molecular formula is C16H11ClF6N4. The quantitative estimate of drug-likeness (QED) is 0.601. The first kappa shape index (κ1) is 19.3. The van der Waals surface area contributed by atoms with Gasteiger partial charge in [0.2, 0.25) is 0 Å². The molecule has 2 aromatic heterocycles. The molecule has 0 saturated carbocycles. The predicted octanol–water partition coefficient (Wildman–Crippen LogP) is 5.23. The molecule has 0 spiro atoms. The van der Waals surface area contributed by atoms with Crippen molar-refractivity contribution in [3.05, 3.63) is 52.9 Å². The van der Waals surface area contributed by atoms with Gasteiger partial charge in [-0.25, -0.2) is 9.97 Å². The molecule has 3 aromatic rings. The molecule has 0 aliphatic heterocycles. The minimum atomic E-state index is -4.54. The minimum Gasteiger partial charge on any atom is -0.367 e. The second kappa shape index (κ2) is 6.91. The van der Waals surface area contributed by atoms with Crippen molar-refractivity contribution in [3.63, 3.8) is 0 Å². The van der Waals surface area contributed by atoms with Gasteiger partial charge in [-0.15, -0.1) is 0 Å². The van der Waals surface area contributed by atoms with Gasteiger partial charge in [0.05, 0.1) is 33.5 Å². The molecule has 0 radical (unpaired) electrons. The number of hydrogen-bond donors (Lipinski definition) is 1. The molecule has 11 heteroatoms. The lowest BCUT2D eigenvalue weighted by atomic mass is 10.2. The van der Waals surface area contributed by atoms with Crippen LogP contribution in [0.25, 0.3) is 11.0 Å². The Morgan fingerprint density at radius 3 is 2.30 bits per heavy atom. The van der Waals surface area contributed by atoms with Crippen molar-refractivity contribution < 1.29 is 26.3 Å². The van der Waals surface area contributed by atoms with Crippen molar-refractivity contribution in [1.29, 1.82) is 0 Å². The lowest BCUT2D eigenvalue weighted by Gasteiger charge is -2.11. The molecule has 1 N–H and O–H groups in total. The molecule has 0 bridgehead atoms. The fraction of sp³-hybridized carbons (Fsp3) is 0.250. The number of fused-ring (bicyclic) bond motifs is 1. The highest BCUT2D eigenvalue weighted by atomic mass is 35.5. The van der Waals surface area contributed by atoms with Crippen LogP contribution in [0.3, 0.4) is 0 Å². The largest absolute Gasteiger partial charge is 0.417 e. The van der Waals surface area contributed by atoms with E-state index >= 15 is 0 Å².